The zero-order valence-corrected chi connectivity index (χ0v) is 12.4. The van der Waals surface area contributed by atoms with Crippen molar-refractivity contribution in [3.63, 3.8) is 0 Å². The Labute approximate surface area is 119 Å². The molecule has 2 rings (SSSR count). The van der Waals surface area contributed by atoms with E-state index in [0.29, 0.717) is 18.2 Å². The van der Waals surface area contributed by atoms with Crippen LogP contribution in [-0.2, 0) is 11.2 Å². The zero-order valence-electron chi connectivity index (χ0n) is 11.6. The predicted molar refractivity (Wildman–Crippen MR) is 79.2 cm³/mol. The van der Waals surface area contributed by atoms with E-state index >= 15 is 0 Å². The number of nitrogens with one attached hydrogen (secondary N) is 1. The van der Waals surface area contributed by atoms with Gasteiger partial charge in [0.25, 0.3) is 0 Å². The minimum atomic E-state index is 0.328. The molecule has 1 saturated heterocycles. The summed E-state index contributed by atoms with van der Waals surface area (Å²) in [5.74, 6) is 2.20. The van der Waals surface area contributed by atoms with Gasteiger partial charge in [-0.2, -0.15) is 16.9 Å². The van der Waals surface area contributed by atoms with Crippen LogP contribution in [0.2, 0.25) is 0 Å². The van der Waals surface area contributed by atoms with Gasteiger partial charge in [0.1, 0.15) is 0 Å². The van der Waals surface area contributed by atoms with Crippen molar-refractivity contribution < 1.29 is 4.79 Å². The third-order valence-corrected chi connectivity index (χ3v) is 4.49. The van der Waals surface area contributed by atoms with Crippen LogP contribution in [0.15, 0.2) is 12.4 Å². The Balaban J connectivity index is 1.70. The molecule has 1 aromatic rings. The van der Waals surface area contributed by atoms with Crippen LogP contribution in [0.4, 0.5) is 0 Å². The van der Waals surface area contributed by atoms with Gasteiger partial charge in [-0.1, -0.05) is 0 Å². The minimum absolute atomic E-state index is 0.328. The molecular weight excluding hydrogens is 258 g/mol. The number of aromatic nitrogens is 2. The SMILES string of the molecule is CSCC1CCCN(C(=O)CCCc2cn[nH]c2)C1. The van der Waals surface area contributed by atoms with Crippen molar-refractivity contribution in [3.05, 3.63) is 18.0 Å². The second kappa shape index (κ2) is 7.58. The molecule has 0 aliphatic carbocycles. The van der Waals surface area contributed by atoms with Crippen LogP contribution in [-0.4, -0.2) is 46.1 Å². The number of rotatable bonds is 6. The van der Waals surface area contributed by atoms with Crippen molar-refractivity contribution in [1.82, 2.24) is 15.1 Å². The Morgan fingerprint density at radius 1 is 1.63 bits per heavy atom. The van der Waals surface area contributed by atoms with Crippen LogP contribution in [0.3, 0.4) is 0 Å². The van der Waals surface area contributed by atoms with Crippen molar-refractivity contribution in [3.8, 4) is 0 Å². The number of hydrogen-bond donors (Lipinski definition) is 1. The van der Waals surface area contributed by atoms with Gasteiger partial charge in [0.05, 0.1) is 6.20 Å². The Hall–Kier alpha value is -0.970. The fraction of sp³-hybridized carbons (Fsp3) is 0.714. The minimum Gasteiger partial charge on any atom is -0.342 e. The standard InChI is InChI=1S/C14H23N3OS/c1-19-11-13-5-3-7-17(10-13)14(18)6-2-4-12-8-15-16-9-12/h8-9,13H,2-7,10-11H2,1H3,(H,15,16). The maximum absolute atomic E-state index is 12.2. The molecule has 1 aliphatic rings. The lowest BCUT2D eigenvalue weighted by molar-refractivity contribution is -0.132. The van der Waals surface area contributed by atoms with E-state index in [9.17, 15) is 4.79 Å². The molecule has 1 unspecified atom stereocenters. The zero-order chi connectivity index (χ0) is 13.5. The molecule has 5 heteroatoms. The van der Waals surface area contributed by atoms with E-state index in [1.165, 1.54) is 24.2 Å². The second-order valence-corrected chi connectivity index (χ2v) is 6.17. The third kappa shape index (κ3) is 4.56. The average Bonchev–Trinajstić information content (AvgIpc) is 2.92. The number of hydrogen-bond acceptors (Lipinski definition) is 3. The molecule has 4 nitrogen and oxygen atoms in total. The van der Waals surface area contributed by atoms with E-state index in [2.05, 4.69) is 21.4 Å². The van der Waals surface area contributed by atoms with Gasteiger partial charge in [-0.05, 0) is 49.2 Å². The number of carbonyl (C=O) groups is 1. The van der Waals surface area contributed by atoms with Crippen LogP contribution >= 0.6 is 11.8 Å². The van der Waals surface area contributed by atoms with Crippen molar-refractivity contribution in [2.45, 2.75) is 32.1 Å². The summed E-state index contributed by atoms with van der Waals surface area (Å²) in [5, 5.41) is 6.72. The molecule has 2 heterocycles. The highest BCUT2D eigenvalue weighted by molar-refractivity contribution is 7.98. The lowest BCUT2D eigenvalue weighted by Crippen LogP contribution is -2.40. The van der Waals surface area contributed by atoms with Crippen molar-refractivity contribution >= 4 is 17.7 Å². The molecule has 0 saturated carbocycles. The van der Waals surface area contributed by atoms with Crippen LogP contribution in [0, 0.1) is 5.92 Å². The first-order valence-electron chi connectivity index (χ1n) is 7.04. The topological polar surface area (TPSA) is 49.0 Å². The molecule has 1 atom stereocenters. The summed E-state index contributed by atoms with van der Waals surface area (Å²) in [6.45, 7) is 1.92. The average molecular weight is 281 g/mol. The van der Waals surface area contributed by atoms with Crippen LogP contribution in [0.1, 0.15) is 31.2 Å². The van der Waals surface area contributed by atoms with Crippen molar-refractivity contribution in [2.75, 3.05) is 25.1 Å². The molecule has 106 valence electrons. The molecule has 1 fully saturated rings. The Kier molecular flexibility index (Phi) is 5.76. The number of piperidine rings is 1. The quantitative estimate of drug-likeness (QED) is 0.870. The Morgan fingerprint density at radius 3 is 3.26 bits per heavy atom. The number of nitrogens with zero attached hydrogens (tertiary/aromatic N) is 2. The van der Waals surface area contributed by atoms with E-state index < -0.39 is 0 Å². The number of likely N-dealkylation sites (tertiary alicyclic amines) is 1. The van der Waals surface area contributed by atoms with Gasteiger partial charge < -0.3 is 4.90 Å². The first-order valence-corrected chi connectivity index (χ1v) is 8.43. The summed E-state index contributed by atoms with van der Waals surface area (Å²) < 4.78 is 0. The van der Waals surface area contributed by atoms with Crippen molar-refractivity contribution in [1.29, 1.82) is 0 Å². The lowest BCUT2D eigenvalue weighted by Gasteiger charge is -2.32. The van der Waals surface area contributed by atoms with Crippen LogP contribution in [0.5, 0.6) is 0 Å². The largest absolute Gasteiger partial charge is 0.342 e. The van der Waals surface area contributed by atoms with E-state index in [0.717, 1.165) is 25.9 Å². The number of aromatic amines is 1. The molecule has 0 aromatic carbocycles. The van der Waals surface area contributed by atoms with Gasteiger partial charge in [0.2, 0.25) is 5.91 Å². The Bertz CT molecular complexity index is 378. The maximum atomic E-state index is 12.2. The van der Waals surface area contributed by atoms with Crippen LogP contribution < -0.4 is 0 Å². The molecule has 1 amide bonds. The predicted octanol–water partition coefficient (Wildman–Crippen LogP) is 2.33. The van der Waals surface area contributed by atoms with Gasteiger partial charge in [-0.25, -0.2) is 0 Å². The van der Waals surface area contributed by atoms with Gasteiger partial charge in [-0.15, -0.1) is 0 Å². The van der Waals surface area contributed by atoms with Crippen LogP contribution in [0.25, 0.3) is 0 Å². The number of thioether (sulfide) groups is 1. The lowest BCUT2D eigenvalue weighted by atomic mass is 9.99. The summed E-state index contributed by atoms with van der Waals surface area (Å²) in [6.07, 6.45) is 10.8. The molecule has 1 aromatic heterocycles. The summed E-state index contributed by atoms with van der Waals surface area (Å²) in [5.41, 5.74) is 1.19. The molecule has 1 aliphatic heterocycles. The van der Waals surface area contributed by atoms with Gasteiger partial charge in [0, 0.05) is 25.7 Å². The smallest absolute Gasteiger partial charge is 0.222 e. The summed E-state index contributed by atoms with van der Waals surface area (Å²) in [6, 6.07) is 0. The first kappa shape index (κ1) is 14.4. The molecule has 1 N–H and O–H groups in total. The van der Waals surface area contributed by atoms with Gasteiger partial charge >= 0.3 is 0 Å². The number of amides is 1. The highest BCUT2D eigenvalue weighted by atomic mass is 32.2. The molecule has 0 bridgehead atoms. The van der Waals surface area contributed by atoms with E-state index in [-0.39, 0.29) is 0 Å². The fourth-order valence-corrected chi connectivity index (χ4v) is 3.42. The molecule has 19 heavy (non-hydrogen) atoms. The summed E-state index contributed by atoms with van der Waals surface area (Å²) in [7, 11) is 0. The first-order chi connectivity index (χ1) is 9.29. The maximum Gasteiger partial charge on any atom is 0.222 e. The Morgan fingerprint density at radius 2 is 2.53 bits per heavy atom. The monoisotopic (exact) mass is 281 g/mol. The molecule has 0 radical (unpaired) electrons. The number of H-pyrrole nitrogens is 1. The molecular formula is C14H23N3OS. The fourth-order valence-electron chi connectivity index (χ4n) is 2.68. The molecule has 0 spiro atoms. The van der Waals surface area contributed by atoms with E-state index in [1.54, 1.807) is 0 Å². The second-order valence-electron chi connectivity index (χ2n) is 5.26. The van der Waals surface area contributed by atoms with Gasteiger partial charge in [0.15, 0.2) is 0 Å². The summed E-state index contributed by atoms with van der Waals surface area (Å²) >= 11 is 1.89. The van der Waals surface area contributed by atoms with Crippen molar-refractivity contribution in [2.24, 2.45) is 5.92 Å². The van der Waals surface area contributed by atoms with Gasteiger partial charge in [-0.3, -0.25) is 9.89 Å². The third-order valence-electron chi connectivity index (χ3n) is 3.69. The van der Waals surface area contributed by atoms with E-state index in [4.69, 9.17) is 0 Å². The summed E-state index contributed by atoms with van der Waals surface area (Å²) in [4.78, 5) is 14.2. The number of aryl methyl sites for hydroxylation is 1. The highest BCUT2D eigenvalue weighted by Gasteiger charge is 2.22. The van der Waals surface area contributed by atoms with E-state index in [1.807, 2.05) is 24.2 Å². The highest BCUT2D eigenvalue weighted by Crippen LogP contribution is 2.20. The normalized spacial score (nSPS) is 19.6. The number of carbonyl (C=O) groups excluding carboxylic acids is 1.